The van der Waals surface area contributed by atoms with Crippen molar-refractivity contribution in [3.63, 3.8) is 0 Å². The number of aromatic nitrogens is 1. The number of nitrogens with zero attached hydrogens (tertiary/aromatic N) is 2. The minimum atomic E-state index is 0.903. The summed E-state index contributed by atoms with van der Waals surface area (Å²) in [6, 6.07) is 79.3. The molecular formula is C58H36N2OS. The van der Waals surface area contributed by atoms with Crippen LogP contribution >= 0.6 is 11.3 Å². The highest BCUT2D eigenvalue weighted by molar-refractivity contribution is 7.26. The zero-order valence-electron chi connectivity index (χ0n) is 33.5. The number of para-hydroxylation sites is 4. The molecule has 0 aliphatic rings. The maximum absolute atomic E-state index is 6.50. The van der Waals surface area contributed by atoms with Crippen LogP contribution in [0.3, 0.4) is 0 Å². The molecule has 0 bridgehead atoms. The molecule has 4 heteroatoms. The molecule has 3 nitrogen and oxygen atoms in total. The standard InChI is InChI=1S/C58H36N2OS/c1-2-14-39-35-40(28-27-37(39)13-1)45-33-34-53(56-50-20-6-10-26-55(50)62-58(45)56)59(41-31-29-38(30-32-41)44-21-12-22-49-48-19-5-9-25-54(48)61-57(44)49)42-15-11-16-43(36-42)60-51-23-7-3-17-46(51)47-18-4-8-24-52(47)60/h1-36H. The first-order valence-electron chi connectivity index (χ1n) is 21.1. The van der Waals surface area contributed by atoms with Gasteiger partial charge in [0, 0.05) is 64.3 Å². The van der Waals surface area contributed by atoms with Gasteiger partial charge in [-0.15, -0.1) is 11.3 Å². The topological polar surface area (TPSA) is 21.3 Å². The number of furan rings is 1. The molecule has 0 amide bonds. The number of fused-ring (bicyclic) bond motifs is 10. The third-order valence-electron chi connectivity index (χ3n) is 12.6. The molecule has 0 aliphatic heterocycles. The van der Waals surface area contributed by atoms with E-state index >= 15 is 0 Å². The van der Waals surface area contributed by atoms with Crippen LogP contribution in [-0.4, -0.2) is 4.57 Å². The highest BCUT2D eigenvalue weighted by atomic mass is 32.1. The lowest BCUT2D eigenvalue weighted by Crippen LogP contribution is -2.11. The lowest BCUT2D eigenvalue weighted by molar-refractivity contribution is 0.670. The third-order valence-corrected chi connectivity index (χ3v) is 13.8. The molecule has 0 aliphatic carbocycles. The van der Waals surface area contributed by atoms with Crippen molar-refractivity contribution in [3.05, 3.63) is 218 Å². The monoisotopic (exact) mass is 808 g/mol. The molecule has 13 aromatic rings. The fraction of sp³-hybridized carbons (Fsp3) is 0. The van der Waals surface area contributed by atoms with Gasteiger partial charge in [-0.2, -0.15) is 0 Å². The second-order valence-electron chi connectivity index (χ2n) is 16.0. The van der Waals surface area contributed by atoms with Crippen molar-refractivity contribution in [1.82, 2.24) is 4.57 Å². The summed E-state index contributed by atoms with van der Waals surface area (Å²) in [5.41, 5.74) is 13.2. The van der Waals surface area contributed by atoms with Gasteiger partial charge in [-0.05, 0) is 94.2 Å². The summed E-state index contributed by atoms with van der Waals surface area (Å²) in [6.45, 7) is 0. The predicted molar refractivity (Wildman–Crippen MR) is 264 cm³/mol. The highest BCUT2D eigenvalue weighted by Crippen LogP contribution is 2.49. The van der Waals surface area contributed by atoms with E-state index in [1.165, 1.54) is 63.9 Å². The van der Waals surface area contributed by atoms with Crippen molar-refractivity contribution in [3.8, 4) is 27.9 Å². The Hall–Kier alpha value is -7.92. The molecule has 0 saturated carbocycles. The molecule has 0 atom stereocenters. The SMILES string of the molecule is c1cc(N(c2ccc(-c3cccc4c3oc3ccccc34)cc2)c2ccc(-c3ccc4ccccc4c3)c3sc4ccccc4c23)cc(-n2c3ccccc3c3ccccc32)c1. The minimum absolute atomic E-state index is 0.903. The fourth-order valence-electron chi connectivity index (χ4n) is 9.74. The smallest absolute Gasteiger partial charge is 0.143 e. The van der Waals surface area contributed by atoms with E-state index < -0.39 is 0 Å². The minimum Gasteiger partial charge on any atom is -0.455 e. The molecule has 3 aromatic heterocycles. The molecule has 13 rings (SSSR count). The predicted octanol–water partition coefficient (Wildman–Crippen LogP) is 17.0. The van der Waals surface area contributed by atoms with Gasteiger partial charge in [-0.3, -0.25) is 0 Å². The molecule has 0 saturated heterocycles. The molecule has 0 fully saturated rings. The zero-order chi connectivity index (χ0) is 40.7. The van der Waals surface area contributed by atoms with Crippen molar-refractivity contribution >= 4 is 103 Å². The largest absolute Gasteiger partial charge is 0.455 e. The first-order chi connectivity index (χ1) is 30.7. The first kappa shape index (κ1) is 34.9. The maximum Gasteiger partial charge on any atom is 0.143 e. The third kappa shape index (κ3) is 5.37. The van der Waals surface area contributed by atoms with Crippen LogP contribution in [0.25, 0.3) is 103 Å². The Morgan fingerprint density at radius 2 is 1.08 bits per heavy atom. The van der Waals surface area contributed by atoms with Crippen LogP contribution in [0, 0.1) is 0 Å². The summed E-state index contributed by atoms with van der Waals surface area (Å²) >= 11 is 1.88. The average molecular weight is 809 g/mol. The van der Waals surface area contributed by atoms with Gasteiger partial charge >= 0.3 is 0 Å². The molecule has 0 radical (unpaired) electrons. The zero-order valence-corrected chi connectivity index (χ0v) is 34.3. The number of anilines is 3. The maximum atomic E-state index is 6.50. The second-order valence-corrected chi connectivity index (χ2v) is 17.1. The lowest BCUT2D eigenvalue weighted by Gasteiger charge is -2.28. The van der Waals surface area contributed by atoms with Crippen LogP contribution in [0.2, 0.25) is 0 Å². The van der Waals surface area contributed by atoms with Gasteiger partial charge < -0.3 is 13.9 Å². The molecule has 62 heavy (non-hydrogen) atoms. The number of hydrogen-bond donors (Lipinski definition) is 0. The molecule has 3 heterocycles. The van der Waals surface area contributed by atoms with Gasteiger partial charge in [0.15, 0.2) is 0 Å². The Morgan fingerprint density at radius 3 is 1.90 bits per heavy atom. The van der Waals surface area contributed by atoms with Gasteiger partial charge in [-0.1, -0.05) is 152 Å². The van der Waals surface area contributed by atoms with E-state index in [0.29, 0.717) is 0 Å². The number of rotatable bonds is 6. The van der Waals surface area contributed by atoms with Gasteiger partial charge in [0.1, 0.15) is 11.2 Å². The van der Waals surface area contributed by atoms with Crippen LogP contribution in [0.5, 0.6) is 0 Å². The van der Waals surface area contributed by atoms with Gasteiger partial charge in [0.05, 0.1) is 16.7 Å². The molecule has 0 spiro atoms. The Kier molecular flexibility index (Phi) is 7.78. The highest BCUT2D eigenvalue weighted by Gasteiger charge is 2.23. The summed E-state index contributed by atoms with van der Waals surface area (Å²) in [5.74, 6) is 0. The van der Waals surface area contributed by atoms with Crippen LogP contribution < -0.4 is 4.90 Å². The Bertz CT molecular complexity index is 3830. The molecular weight excluding hydrogens is 773 g/mol. The van der Waals surface area contributed by atoms with E-state index in [2.05, 4.69) is 216 Å². The van der Waals surface area contributed by atoms with E-state index in [1.54, 1.807) is 0 Å². The van der Waals surface area contributed by atoms with Crippen LogP contribution in [-0.2, 0) is 0 Å². The Labute approximate surface area is 361 Å². The summed E-state index contributed by atoms with van der Waals surface area (Å²) < 4.78 is 11.5. The van der Waals surface area contributed by atoms with Crippen molar-refractivity contribution < 1.29 is 4.42 Å². The van der Waals surface area contributed by atoms with Crippen LogP contribution in [0.4, 0.5) is 17.1 Å². The summed E-state index contributed by atoms with van der Waals surface area (Å²) in [7, 11) is 0. The van der Waals surface area contributed by atoms with Crippen molar-refractivity contribution in [2.75, 3.05) is 4.90 Å². The van der Waals surface area contributed by atoms with E-state index in [-0.39, 0.29) is 0 Å². The fourth-order valence-corrected chi connectivity index (χ4v) is 11.0. The van der Waals surface area contributed by atoms with Gasteiger partial charge in [0.25, 0.3) is 0 Å². The first-order valence-corrected chi connectivity index (χ1v) is 21.9. The summed E-state index contributed by atoms with van der Waals surface area (Å²) in [6.07, 6.45) is 0. The number of benzene rings is 10. The van der Waals surface area contributed by atoms with Crippen molar-refractivity contribution in [2.24, 2.45) is 0 Å². The van der Waals surface area contributed by atoms with Gasteiger partial charge in [0.2, 0.25) is 0 Å². The molecule has 10 aromatic carbocycles. The van der Waals surface area contributed by atoms with E-state index in [4.69, 9.17) is 4.42 Å². The summed E-state index contributed by atoms with van der Waals surface area (Å²) in [4.78, 5) is 2.45. The molecule has 0 N–H and O–H groups in total. The van der Waals surface area contributed by atoms with E-state index in [1.807, 2.05) is 23.5 Å². The lowest BCUT2D eigenvalue weighted by atomic mass is 9.97. The Morgan fingerprint density at radius 1 is 0.419 bits per heavy atom. The Balaban J connectivity index is 1.04. The molecule has 0 unspecified atom stereocenters. The van der Waals surface area contributed by atoms with Gasteiger partial charge in [-0.25, -0.2) is 0 Å². The molecule has 290 valence electrons. The van der Waals surface area contributed by atoms with E-state index in [9.17, 15) is 0 Å². The van der Waals surface area contributed by atoms with Crippen molar-refractivity contribution in [2.45, 2.75) is 0 Å². The van der Waals surface area contributed by atoms with Crippen LogP contribution in [0.15, 0.2) is 223 Å². The number of hydrogen-bond acceptors (Lipinski definition) is 3. The quantitative estimate of drug-likeness (QED) is 0.167. The van der Waals surface area contributed by atoms with Crippen LogP contribution in [0.1, 0.15) is 0 Å². The average Bonchev–Trinajstić information content (AvgIpc) is 4.02. The summed E-state index contributed by atoms with van der Waals surface area (Å²) in [5, 5.41) is 9.74. The normalized spacial score (nSPS) is 11.9. The van der Waals surface area contributed by atoms with E-state index in [0.717, 1.165) is 55.8 Å². The number of thiophene rings is 1. The van der Waals surface area contributed by atoms with Crippen molar-refractivity contribution in [1.29, 1.82) is 0 Å². The second kappa shape index (κ2) is 13.8.